The summed E-state index contributed by atoms with van der Waals surface area (Å²) in [6, 6.07) is 19.0. The molecule has 2 heterocycles. The van der Waals surface area contributed by atoms with Gasteiger partial charge >= 0.3 is 0 Å². The number of hydrogen-bond donors (Lipinski definition) is 0. The van der Waals surface area contributed by atoms with Gasteiger partial charge in [-0.05, 0) is 42.0 Å². The summed E-state index contributed by atoms with van der Waals surface area (Å²) in [5.74, 6) is 0.260. The van der Waals surface area contributed by atoms with E-state index in [0.717, 1.165) is 39.0 Å². The molecule has 0 bridgehead atoms. The van der Waals surface area contributed by atoms with Gasteiger partial charge in [0.15, 0.2) is 0 Å². The molecule has 2 aliphatic rings. The molecule has 4 rings (SSSR count). The molecule has 0 saturated heterocycles. The molecule has 2 aromatic rings. The van der Waals surface area contributed by atoms with E-state index in [1.807, 2.05) is 4.90 Å². The highest BCUT2D eigenvalue weighted by Crippen LogP contribution is 2.24. The van der Waals surface area contributed by atoms with Crippen molar-refractivity contribution >= 4 is 11.5 Å². The number of rotatable bonds is 3. The Morgan fingerprint density at radius 1 is 0.923 bits per heavy atom. The molecule has 2 aromatic carbocycles. The normalized spacial score (nSPS) is 18.8. The van der Waals surface area contributed by atoms with Crippen LogP contribution in [0.5, 0.6) is 0 Å². The molecule has 3 nitrogen and oxygen atoms in total. The predicted molar refractivity (Wildman–Crippen MR) is 106 cm³/mol. The third-order valence-corrected chi connectivity index (χ3v) is 5.73. The zero-order valence-electron chi connectivity index (χ0n) is 15.4. The van der Waals surface area contributed by atoms with E-state index < -0.39 is 0 Å². The van der Waals surface area contributed by atoms with Gasteiger partial charge in [-0.1, -0.05) is 60.7 Å². The van der Waals surface area contributed by atoms with E-state index >= 15 is 0 Å². The second kappa shape index (κ2) is 7.46. The monoisotopic (exact) mass is 346 g/mol. The van der Waals surface area contributed by atoms with Gasteiger partial charge in [0.05, 0.1) is 6.04 Å². The zero-order chi connectivity index (χ0) is 17.9. The van der Waals surface area contributed by atoms with Gasteiger partial charge in [0.25, 0.3) is 0 Å². The minimum atomic E-state index is -0.0613. The van der Waals surface area contributed by atoms with E-state index in [1.54, 1.807) is 0 Å². The van der Waals surface area contributed by atoms with Crippen LogP contribution < -0.4 is 0 Å². The standard InChI is InChI=1S/C23H26N2O/c1-18(23(26)25-16-13-20-9-5-6-10-22(20)17-25)24-14-11-21(12-15-24)19-7-3-2-4-8-19/h2-11,18H,12-17H2,1H3/t18-/m1/s1. The Balaban J connectivity index is 1.40. The zero-order valence-corrected chi connectivity index (χ0v) is 15.4. The van der Waals surface area contributed by atoms with Crippen molar-refractivity contribution in [1.82, 2.24) is 9.80 Å². The van der Waals surface area contributed by atoms with Crippen molar-refractivity contribution in [2.75, 3.05) is 19.6 Å². The van der Waals surface area contributed by atoms with E-state index in [0.29, 0.717) is 0 Å². The van der Waals surface area contributed by atoms with Crippen molar-refractivity contribution in [1.29, 1.82) is 0 Å². The fourth-order valence-electron chi connectivity index (χ4n) is 4.06. The van der Waals surface area contributed by atoms with Crippen LogP contribution >= 0.6 is 0 Å². The van der Waals surface area contributed by atoms with Crippen LogP contribution in [0.4, 0.5) is 0 Å². The van der Waals surface area contributed by atoms with E-state index in [-0.39, 0.29) is 11.9 Å². The van der Waals surface area contributed by atoms with Crippen molar-refractivity contribution in [3.63, 3.8) is 0 Å². The van der Waals surface area contributed by atoms with Gasteiger partial charge < -0.3 is 4.90 Å². The van der Waals surface area contributed by atoms with Crippen LogP contribution in [-0.4, -0.2) is 41.4 Å². The fraction of sp³-hybridized carbons (Fsp3) is 0.348. The minimum absolute atomic E-state index is 0.0613. The van der Waals surface area contributed by atoms with Crippen LogP contribution in [0.2, 0.25) is 0 Å². The summed E-state index contributed by atoms with van der Waals surface area (Å²) in [5, 5.41) is 0. The Labute approximate surface area is 155 Å². The Kier molecular flexibility index (Phi) is 4.89. The predicted octanol–water partition coefficient (Wildman–Crippen LogP) is 3.75. The van der Waals surface area contributed by atoms with Crippen LogP contribution in [0.15, 0.2) is 60.7 Å². The van der Waals surface area contributed by atoms with Gasteiger partial charge in [-0.15, -0.1) is 0 Å². The second-order valence-corrected chi connectivity index (χ2v) is 7.29. The molecule has 0 saturated carbocycles. The summed E-state index contributed by atoms with van der Waals surface area (Å²) in [6.45, 7) is 5.43. The number of hydrogen-bond acceptors (Lipinski definition) is 2. The molecule has 0 radical (unpaired) electrons. The molecule has 0 aromatic heterocycles. The van der Waals surface area contributed by atoms with Gasteiger partial charge in [-0.3, -0.25) is 9.69 Å². The Bertz CT molecular complexity index is 812. The molecule has 3 heteroatoms. The van der Waals surface area contributed by atoms with Crippen molar-refractivity contribution in [2.45, 2.75) is 32.4 Å². The maximum absolute atomic E-state index is 13.0. The molecule has 26 heavy (non-hydrogen) atoms. The maximum atomic E-state index is 13.0. The lowest BCUT2D eigenvalue weighted by Crippen LogP contribution is -2.49. The van der Waals surface area contributed by atoms with Crippen LogP contribution in [0.25, 0.3) is 5.57 Å². The fourth-order valence-corrected chi connectivity index (χ4v) is 4.06. The largest absolute Gasteiger partial charge is 0.337 e. The summed E-state index contributed by atoms with van der Waals surface area (Å²) in [4.78, 5) is 17.4. The molecular formula is C23H26N2O. The first kappa shape index (κ1) is 17.0. The lowest BCUT2D eigenvalue weighted by Gasteiger charge is -2.36. The second-order valence-electron chi connectivity index (χ2n) is 7.29. The molecule has 134 valence electrons. The summed E-state index contributed by atoms with van der Waals surface area (Å²) < 4.78 is 0. The van der Waals surface area contributed by atoms with Gasteiger partial charge in [-0.25, -0.2) is 0 Å². The number of amides is 1. The third-order valence-electron chi connectivity index (χ3n) is 5.73. The van der Waals surface area contributed by atoms with E-state index in [2.05, 4.69) is 72.5 Å². The smallest absolute Gasteiger partial charge is 0.239 e. The van der Waals surface area contributed by atoms with Crippen molar-refractivity contribution < 1.29 is 4.79 Å². The molecular weight excluding hydrogens is 320 g/mol. The van der Waals surface area contributed by atoms with Gasteiger partial charge in [0, 0.05) is 26.2 Å². The quantitative estimate of drug-likeness (QED) is 0.845. The van der Waals surface area contributed by atoms with E-state index in [1.165, 1.54) is 22.3 Å². The van der Waals surface area contributed by atoms with Crippen LogP contribution in [0.3, 0.4) is 0 Å². The van der Waals surface area contributed by atoms with E-state index in [9.17, 15) is 4.79 Å². The SMILES string of the molecule is C[C@H](C(=O)N1CCc2ccccc2C1)N1CC=C(c2ccccc2)CC1. The molecule has 2 aliphatic heterocycles. The molecule has 0 spiro atoms. The number of fused-ring (bicyclic) bond motifs is 1. The summed E-state index contributed by atoms with van der Waals surface area (Å²) in [7, 11) is 0. The van der Waals surface area contributed by atoms with Gasteiger partial charge in [-0.2, -0.15) is 0 Å². The maximum Gasteiger partial charge on any atom is 0.239 e. The number of nitrogens with zero attached hydrogens (tertiary/aromatic N) is 2. The number of carbonyl (C=O) groups excluding carboxylic acids is 1. The third kappa shape index (κ3) is 3.45. The minimum Gasteiger partial charge on any atom is -0.337 e. The number of benzene rings is 2. The summed E-state index contributed by atoms with van der Waals surface area (Å²) in [5.41, 5.74) is 5.38. The Hall–Kier alpha value is -2.39. The first-order valence-corrected chi connectivity index (χ1v) is 9.56. The lowest BCUT2D eigenvalue weighted by atomic mass is 9.97. The summed E-state index contributed by atoms with van der Waals surface area (Å²) >= 11 is 0. The van der Waals surface area contributed by atoms with Crippen LogP contribution in [0.1, 0.15) is 30.0 Å². The number of carbonyl (C=O) groups is 1. The van der Waals surface area contributed by atoms with Crippen LogP contribution in [-0.2, 0) is 17.8 Å². The van der Waals surface area contributed by atoms with E-state index in [4.69, 9.17) is 0 Å². The highest BCUT2D eigenvalue weighted by molar-refractivity contribution is 5.82. The van der Waals surface area contributed by atoms with Crippen molar-refractivity contribution in [2.24, 2.45) is 0 Å². The average molecular weight is 346 g/mol. The Morgan fingerprint density at radius 3 is 2.38 bits per heavy atom. The molecule has 1 amide bonds. The first-order chi connectivity index (χ1) is 12.7. The highest BCUT2D eigenvalue weighted by atomic mass is 16.2. The highest BCUT2D eigenvalue weighted by Gasteiger charge is 2.29. The van der Waals surface area contributed by atoms with Crippen molar-refractivity contribution in [3.05, 3.63) is 77.4 Å². The first-order valence-electron chi connectivity index (χ1n) is 9.56. The lowest BCUT2D eigenvalue weighted by molar-refractivity contribution is -0.137. The topological polar surface area (TPSA) is 23.6 Å². The molecule has 0 fully saturated rings. The molecule has 1 atom stereocenters. The van der Waals surface area contributed by atoms with Crippen molar-refractivity contribution in [3.8, 4) is 0 Å². The summed E-state index contributed by atoms with van der Waals surface area (Å²) in [6.07, 6.45) is 4.26. The van der Waals surface area contributed by atoms with Crippen LogP contribution in [0, 0.1) is 0 Å². The van der Waals surface area contributed by atoms with Gasteiger partial charge in [0.2, 0.25) is 5.91 Å². The Morgan fingerprint density at radius 2 is 1.65 bits per heavy atom. The van der Waals surface area contributed by atoms with Gasteiger partial charge in [0.1, 0.15) is 0 Å². The molecule has 0 unspecified atom stereocenters. The average Bonchev–Trinajstić information content (AvgIpc) is 2.73. The molecule has 0 aliphatic carbocycles. The molecule has 0 N–H and O–H groups in total.